The number of rotatable bonds is 7. The summed E-state index contributed by atoms with van der Waals surface area (Å²) < 4.78 is 15.9. The van der Waals surface area contributed by atoms with E-state index >= 15 is 0 Å². The van der Waals surface area contributed by atoms with Gasteiger partial charge in [-0.1, -0.05) is 0 Å². The van der Waals surface area contributed by atoms with Crippen molar-refractivity contribution in [2.75, 3.05) is 13.7 Å². The van der Waals surface area contributed by atoms with Gasteiger partial charge in [-0.15, -0.1) is 0 Å². The summed E-state index contributed by atoms with van der Waals surface area (Å²) in [5.74, 6) is -0.161. The molecule has 0 bridgehead atoms. The summed E-state index contributed by atoms with van der Waals surface area (Å²) in [6.07, 6.45) is 1.43. The van der Waals surface area contributed by atoms with E-state index in [0.29, 0.717) is 21.7 Å². The van der Waals surface area contributed by atoms with Crippen molar-refractivity contribution < 1.29 is 23.5 Å². The molecule has 1 aromatic carbocycles. The number of benzene rings is 1. The van der Waals surface area contributed by atoms with Gasteiger partial charge in [-0.3, -0.25) is 9.59 Å². The lowest BCUT2D eigenvalue weighted by Crippen LogP contribution is -2.20. The Hall–Kier alpha value is -2.81. The van der Waals surface area contributed by atoms with Gasteiger partial charge in [0.15, 0.2) is 28.5 Å². The minimum Gasteiger partial charge on any atom is -0.493 e. The number of halogens is 1. The molecule has 126 valence electrons. The molecular weight excluding hydrogens is 382 g/mol. The van der Waals surface area contributed by atoms with Crippen LogP contribution in [0.5, 0.6) is 11.5 Å². The highest BCUT2D eigenvalue weighted by Crippen LogP contribution is 2.27. The standard InChI is InChI=1S/C15H14BrN3O5/c1-22-12-6-9(2-3-10(12)23-8-14(17)20)7-18-19-15(21)11-4-5-13(16)24-11/h2-7H,8H2,1H3,(H2,17,20)(H,19,21). The Morgan fingerprint density at radius 3 is 2.75 bits per heavy atom. The van der Waals surface area contributed by atoms with Crippen LogP contribution in [0.1, 0.15) is 16.1 Å². The van der Waals surface area contributed by atoms with Crippen molar-refractivity contribution in [3.8, 4) is 11.5 Å². The number of ether oxygens (including phenoxy) is 2. The molecule has 2 rings (SSSR count). The van der Waals surface area contributed by atoms with Gasteiger partial charge in [0.2, 0.25) is 0 Å². The summed E-state index contributed by atoms with van der Waals surface area (Å²) in [7, 11) is 1.46. The Bertz CT molecular complexity index is 772. The Kier molecular flexibility index (Phi) is 5.96. The van der Waals surface area contributed by atoms with Crippen LogP contribution in [0.3, 0.4) is 0 Å². The Morgan fingerprint density at radius 2 is 2.12 bits per heavy atom. The van der Waals surface area contributed by atoms with Crippen LogP contribution in [-0.2, 0) is 4.79 Å². The summed E-state index contributed by atoms with van der Waals surface area (Å²) in [4.78, 5) is 22.5. The highest BCUT2D eigenvalue weighted by atomic mass is 79.9. The van der Waals surface area contributed by atoms with Crippen LogP contribution in [0, 0.1) is 0 Å². The molecule has 0 radical (unpaired) electrons. The van der Waals surface area contributed by atoms with E-state index in [9.17, 15) is 9.59 Å². The van der Waals surface area contributed by atoms with Crippen LogP contribution in [0.4, 0.5) is 0 Å². The summed E-state index contributed by atoms with van der Waals surface area (Å²) in [5, 5.41) is 3.84. The predicted octanol–water partition coefficient (Wildman–Crippen LogP) is 1.68. The van der Waals surface area contributed by atoms with Crippen molar-refractivity contribution in [2.45, 2.75) is 0 Å². The third kappa shape index (κ3) is 4.85. The first-order valence-electron chi connectivity index (χ1n) is 6.67. The molecule has 1 heterocycles. The molecule has 0 aliphatic carbocycles. The van der Waals surface area contributed by atoms with E-state index in [2.05, 4.69) is 26.5 Å². The molecule has 0 atom stereocenters. The van der Waals surface area contributed by atoms with Crippen LogP contribution in [-0.4, -0.2) is 31.7 Å². The predicted molar refractivity (Wildman–Crippen MR) is 89.2 cm³/mol. The second-order valence-corrected chi connectivity index (χ2v) is 5.25. The highest BCUT2D eigenvalue weighted by Gasteiger charge is 2.09. The minimum atomic E-state index is -0.588. The van der Waals surface area contributed by atoms with Crippen molar-refractivity contribution in [2.24, 2.45) is 10.8 Å². The molecule has 0 aliphatic rings. The second kappa shape index (κ2) is 8.16. The molecule has 0 unspecified atom stereocenters. The molecular formula is C15H14BrN3O5. The minimum absolute atomic E-state index is 0.131. The van der Waals surface area contributed by atoms with Gasteiger partial charge >= 0.3 is 5.91 Å². The third-order valence-corrected chi connectivity index (χ3v) is 3.16. The fourth-order valence-electron chi connectivity index (χ4n) is 1.69. The Morgan fingerprint density at radius 1 is 1.33 bits per heavy atom. The van der Waals surface area contributed by atoms with E-state index < -0.39 is 11.8 Å². The van der Waals surface area contributed by atoms with Crippen molar-refractivity contribution in [3.63, 3.8) is 0 Å². The molecule has 9 heteroatoms. The number of nitrogens with zero attached hydrogens (tertiary/aromatic N) is 1. The molecule has 2 aromatic rings. The maximum Gasteiger partial charge on any atom is 0.307 e. The lowest BCUT2D eigenvalue weighted by Gasteiger charge is -2.09. The first kappa shape index (κ1) is 17.5. The molecule has 8 nitrogen and oxygen atoms in total. The number of carbonyl (C=O) groups is 2. The number of nitrogens with two attached hydrogens (primary N) is 1. The molecule has 24 heavy (non-hydrogen) atoms. The highest BCUT2D eigenvalue weighted by molar-refractivity contribution is 9.10. The topological polar surface area (TPSA) is 116 Å². The summed E-state index contributed by atoms with van der Waals surface area (Å²) in [5.41, 5.74) is 8.02. The second-order valence-electron chi connectivity index (χ2n) is 4.47. The van der Waals surface area contributed by atoms with E-state index in [1.165, 1.54) is 19.4 Å². The van der Waals surface area contributed by atoms with Crippen LogP contribution in [0.15, 0.2) is 44.5 Å². The van der Waals surface area contributed by atoms with Gasteiger partial charge in [0, 0.05) is 0 Å². The number of furan rings is 1. The Balaban J connectivity index is 2.01. The number of nitrogens with one attached hydrogen (secondary N) is 1. The zero-order valence-corrected chi connectivity index (χ0v) is 14.2. The Labute approximate surface area is 145 Å². The molecule has 0 aliphatic heterocycles. The third-order valence-electron chi connectivity index (χ3n) is 2.73. The van der Waals surface area contributed by atoms with E-state index in [0.717, 1.165) is 0 Å². The maximum atomic E-state index is 11.7. The SMILES string of the molecule is COc1cc(C=NNC(=O)c2ccc(Br)o2)ccc1OCC(N)=O. The molecule has 0 fully saturated rings. The average molecular weight is 396 g/mol. The molecule has 2 amide bonds. The number of carbonyl (C=O) groups excluding carboxylic acids is 2. The zero-order valence-electron chi connectivity index (χ0n) is 12.6. The number of primary amides is 1. The van der Waals surface area contributed by atoms with Crippen molar-refractivity contribution in [1.82, 2.24) is 5.43 Å². The van der Waals surface area contributed by atoms with Gasteiger partial charge in [-0.2, -0.15) is 5.10 Å². The lowest BCUT2D eigenvalue weighted by atomic mass is 10.2. The molecule has 0 spiro atoms. The summed E-state index contributed by atoms with van der Waals surface area (Å²) in [6, 6.07) is 8.04. The average Bonchev–Trinajstić information content (AvgIpc) is 2.99. The zero-order chi connectivity index (χ0) is 17.5. The van der Waals surface area contributed by atoms with Gasteiger partial charge in [0.25, 0.3) is 5.91 Å². The molecule has 1 aromatic heterocycles. The van der Waals surface area contributed by atoms with E-state index in [-0.39, 0.29) is 12.4 Å². The first-order chi connectivity index (χ1) is 11.5. The monoisotopic (exact) mass is 395 g/mol. The number of hydrazone groups is 1. The van der Waals surface area contributed by atoms with E-state index in [1.807, 2.05) is 0 Å². The van der Waals surface area contributed by atoms with Gasteiger partial charge in [0.05, 0.1) is 13.3 Å². The van der Waals surface area contributed by atoms with Gasteiger partial charge < -0.3 is 19.6 Å². The smallest absolute Gasteiger partial charge is 0.307 e. The maximum absolute atomic E-state index is 11.7. The summed E-state index contributed by atoms with van der Waals surface area (Å²) in [6.45, 7) is -0.251. The quantitative estimate of drug-likeness (QED) is 0.546. The van der Waals surface area contributed by atoms with Gasteiger partial charge in [-0.25, -0.2) is 5.43 Å². The number of hydrogen-bond acceptors (Lipinski definition) is 6. The number of hydrogen-bond donors (Lipinski definition) is 2. The van der Waals surface area contributed by atoms with Crippen LogP contribution < -0.4 is 20.6 Å². The molecule has 0 saturated carbocycles. The van der Waals surface area contributed by atoms with Crippen LogP contribution in [0.2, 0.25) is 0 Å². The number of methoxy groups -OCH3 is 1. The van der Waals surface area contributed by atoms with Crippen molar-refractivity contribution in [1.29, 1.82) is 0 Å². The summed E-state index contributed by atoms with van der Waals surface area (Å²) >= 11 is 3.11. The lowest BCUT2D eigenvalue weighted by molar-refractivity contribution is -0.119. The number of amides is 2. The largest absolute Gasteiger partial charge is 0.493 e. The van der Waals surface area contributed by atoms with Gasteiger partial charge in [0.1, 0.15) is 0 Å². The molecule has 3 N–H and O–H groups in total. The fraction of sp³-hybridized carbons (Fsp3) is 0.133. The van der Waals surface area contributed by atoms with Crippen LogP contribution >= 0.6 is 15.9 Å². The van der Waals surface area contributed by atoms with Crippen molar-refractivity contribution >= 4 is 34.0 Å². The van der Waals surface area contributed by atoms with Gasteiger partial charge in [-0.05, 0) is 51.8 Å². The molecule has 0 saturated heterocycles. The van der Waals surface area contributed by atoms with Crippen molar-refractivity contribution in [3.05, 3.63) is 46.3 Å². The van der Waals surface area contributed by atoms with E-state index in [1.54, 1.807) is 24.3 Å². The first-order valence-corrected chi connectivity index (χ1v) is 7.47. The fourth-order valence-corrected chi connectivity index (χ4v) is 2.00. The normalized spacial score (nSPS) is 10.6. The van der Waals surface area contributed by atoms with Crippen LogP contribution in [0.25, 0.3) is 0 Å². The van der Waals surface area contributed by atoms with E-state index in [4.69, 9.17) is 19.6 Å².